The normalized spacial score (nSPS) is 13.2. The first-order chi connectivity index (χ1) is 15.6. The summed E-state index contributed by atoms with van der Waals surface area (Å²) in [5, 5.41) is 8.86. The number of fused-ring (bicyclic) bond motifs is 2. The van der Waals surface area contributed by atoms with Gasteiger partial charge >= 0.3 is 5.97 Å². The number of rotatable bonds is 5. The molecule has 0 saturated carbocycles. The van der Waals surface area contributed by atoms with E-state index >= 15 is 0 Å². The number of hydrogen-bond acceptors (Lipinski definition) is 7. The van der Waals surface area contributed by atoms with E-state index in [-0.39, 0.29) is 12.5 Å². The highest BCUT2D eigenvalue weighted by molar-refractivity contribution is 7.17. The van der Waals surface area contributed by atoms with Crippen LogP contribution in [0.2, 0.25) is 0 Å². The Balaban J connectivity index is 1.45. The Bertz CT molecular complexity index is 1320. The number of hydrogen-bond donors (Lipinski definition) is 1. The van der Waals surface area contributed by atoms with Gasteiger partial charge in [0, 0.05) is 16.6 Å². The molecule has 0 aliphatic heterocycles. The smallest absolute Gasteiger partial charge is 0.341 e. The van der Waals surface area contributed by atoms with Gasteiger partial charge in [-0.2, -0.15) is 5.10 Å². The predicted molar refractivity (Wildman–Crippen MR) is 121 cm³/mol. The summed E-state index contributed by atoms with van der Waals surface area (Å²) in [6.45, 7) is 1.86. The van der Waals surface area contributed by atoms with E-state index < -0.39 is 5.97 Å². The van der Waals surface area contributed by atoms with Crippen molar-refractivity contribution < 1.29 is 18.7 Å². The number of esters is 1. The molecule has 1 aliphatic carbocycles. The van der Waals surface area contributed by atoms with Crippen molar-refractivity contribution >= 4 is 39.2 Å². The van der Waals surface area contributed by atoms with Crippen LogP contribution in [0.5, 0.6) is 0 Å². The Morgan fingerprint density at radius 2 is 2.12 bits per heavy atom. The van der Waals surface area contributed by atoms with Crippen LogP contribution in [0.15, 0.2) is 35.1 Å². The van der Waals surface area contributed by atoms with E-state index in [1.807, 2.05) is 25.1 Å². The van der Waals surface area contributed by atoms with Crippen molar-refractivity contribution in [2.75, 3.05) is 12.4 Å². The number of amides is 1. The number of furan rings is 1. The number of aryl methyl sites for hydroxylation is 2. The first-order valence-electron chi connectivity index (χ1n) is 10.5. The number of carbonyl (C=O) groups excluding carboxylic acids is 2. The van der Waals surface area contributed by atoms with Gasteiger partial charge in [0.1, 0.15) is 17.3 Å². The highest BCUT2D eigenvalue weighted by Gasteiger charge is 2.27. The molecule has 0 aromatic carbocycles. The lowest BCUT2D eigenvalue weighted by Gasteiger charge is -2.11. The minimum absolute atomic E-state index is 0.0257. The summed E-state index contributed by atoms with van der Waals surface area (Å²) in [6.07, 6.45) is 7.16. The van der Waals surface area contributed by atoms with Crippen LogP contribution in [0.3, 0.4) is 0 Å². The van der Waals surface area contributed by atoms with Crippen molar-refractivity contribution in [1.82, 2.24) is 14.8 Å². The fraction of sp³-hybridized carbons (Fsp3) is 0.304. The van der Waals surface area contributed by atoms with E-state index in [1.54, 1.807) is 17.1 Å². The third-order valence-corrected chi connectivity index (χ3v) is 6.91. The summed E-state index contributed by atoms with van der Waals surface area (Å²) in [5.41, 5.74) is 3.73. The van der Waals surface area contributed by atoms with E-state index in [1.165, 1.54) is 18.4 Å². The Hall–Kier alpha value is -3.46. The van der Waals surface area contributed by atoms with Gasteiger partial charge in [-0.05, 0) is 56.4 Å². The van der Waals surface area contributed by atoms with E-state index in [0.29, 0.717) is 16.2 Å². The van der Waals surface area contributed by atoms with Crippen LogP contribution in [0.1, 0.15) is 39.3 Å². The quantitative estimate of drug-likeness (QED) is 0.454. The molecule has 1 amide bonds. The van der Waals surface area contributed by atoms with Gasteiger partial charge in [-0.15, -0.1) is 11.3 Å². The maximum atomic E-state index is 13.0. The summed E-state index contributed by atoms with van der Waals surface area (Å²) < 4.78 is 12.1. The average molecular weight is 451 g/mol. The monoisotopic (exact) mass is 450 g/mol. The van der Waals surface area contributed by atoms with E-state index in [4.69, 9.17) is 9.15 Å². The van der Waals surface area contributed by atoms with Crippen LogP contribution < -0.4 is 5.32 Å². The van der Waals surface area contributed by atoms with E-state index in [0.717, 1.165) is 58.5 Å². The maximum Gasteiger partial charge on any atom is 0.341 e. The zero-order chi connectivity index (χ0) is 22.2. The number of anilines is 1. The second kappa shape index (κ2) is 8.23. The number of carbonyl (C=O) groups is 2. The van der Waals surface area contributed by atoms with Gasteiger partial charge in [0.15, 0.2) is 5.65 Å². The number of nitrogens with one attached hydrogen (secondary N) is 1. The summed E-state index contributed by atoms with van der Waals surface area (Å²) in [6, 6.07) is 5.58. The first kappa shape index (κ1) is 20.4. The molecule has 1 aliphatic rings. The average Bonchev–Trinajstić information content (AvgIpc) is 3.51. The second-order valence-electron chi connectivity index (χ2n) is 7.73. The molecule has 1 N–H and O–H groups in total. The lowest BCUT2D eigenvalue weighted by molar-refractivity contribution is -0.116. The van der Waals surface area contributed by atoms with Crippen molar-refractivity contribution in [2.45, 2.75) is 39.2 Å². The molecule has 0 fully saturated rings. The largest absolute Gasteiger partial charge is 0.465 e. The van der Waals surface area contributed by atoms with Crippen molar-refractivity contribution in [3.8, 4) is 11.3 Å². The molecule has 5 rings (SSSR count). The molecule has 4 aromatic rings. The predicted octanol–water partition coefficient (Wildman–Crippen LogP) is 4.37. The molecule has 9 heteroatoms. The van der Waals surface area contributed by atoms with Gasteiger partial charge in [-0.3, -0.25) is 4.79 Å². The number of pyridine rings is 1. The zero-order valence-corrected chi connectivity index (χ0v) is 18.6. The Morgan fingerprint density at radius 1 is 1.28 bits per heavy atom. The first-order valence-corrected chi connectivity index (χ1v) is 11.3. The Morgan fingerprint density at radius 3 is 2.91 bits per heavy atom. The molecule has 0 bridgehead atoms. The van der Waals surface area contributed by atoms with Crippen LogP contribution >= 0.6 is 11.3 Å². The molecule has 8 nitrogen and oxygen atoms in total. The highest BCUT2D eigenvalue weighted by Crippen LogP contribution is 2.38. The molecule has 0 atom stereocenters. The Labute approximate surface area is 188 Å². The van der Waals surface area contributed by atoms with Gasteiger partial charge in [0.25, 0.3) is 0 Å². The molecular weight excluding hydrogens is 428 g/mol. The van der Waals surface area contributed by atoms with Crippen LogP contribution in [0.4, 0.5) is 5.00 Å². The second-order valence-corrected chi connectivity index (χ2v) is 8.84. The lowest BCUT2D eigenvalue weighted by Crippen LogP contribution is -2.21. The SMILES string of the molecule is COC(=O)c1c(NC(=O)Cn2nc(C)c3c(-c4ccco4)ccnc32)sc2c1CCCC2. The summed E-state index contributed by atoms with van der Waals surface area (Å²) in [7, 11) is 1.36. The minimum Gasteiger partial charge on any atom is -0.465 e. The summed E-state index contributed by atoms with van der Waals surface area (Å²) >= 11 is 1.46. The zero-order valence-electron chi connectivity index (χ0n) is 17.8. The van der Waals surface area contributed by atoms with Gasteiger partial charge in [0.05, 0.1) is 30.0 Å². The molecule has 0 unspecified atom stereocenters. The van der Waals surface area contributed by atoms with Gasteiger partial charge in [-0.25, -0.2) is 14.5 Å². The van der Waals surface area contributed by atoms with Crippen LogP contribution in [0.25, 0.3) is 22.4 Å². The third kappa shape index (κ3) is 3.48. The number of methoxy groups -OCH3 is 1. The fourth-order valence-corrected chi connectivity index (χ4v) is 5.60. The van der Waals surface area contributed by atoms with Crippen molar-refractivity contribution in [3.05, 3.63) is 52.4 Å². The molecule has 32 heavy (non-hydrogen) atoms. The topological polar surface area (TPSA) is 99.2 Å². The third-order valence-electron chi connectivity index (χ3n) is 5.70. The maximum absolute atomic E-state index is 13.0. The van der Waals surface area contributed by atoms with Crippen molar-refractivity contribution in [2.24, 2.45) is 0 Å². The molecule has 4 heterocycles. The minimum atomic E-state index is -0.412. The van der Waals surface area contributed by atoms with Crippen LogP contribution in [-0.2, 0) is 28.9 Å². The highest BCUT2D eigenvalue weighted by atomic mass is 32.1. The Kier molecular flexibility index (Phi) is 5.26. The van der Waals surface area contributed by atoms with Gasteiger partial charge < -0.3 is 14.5 Å². The molecule has 0 radical (unpaired) electrons. The number of nitrogens with zero attached hydrogens (tertiary/aromatic N) is 3. The number of ether oxygens (including phenoxy) is 1. The lowest BCUT2D eigenvalue weighted by atomic mass is 9.95. The molecule has 0 saturated heterocycles. The number of thiophene rings is 1. The van der Waals surface area contributed by atoms with E-state index in [2.05, 4.69) is 15.4 Å². The standard InChI is InChI=1S/C23H22N4O4S/c1-13-19-14(16-7-5-11-31-16)9-10-24-21(19)27(26-13)12-18(28)25-22-20(23(29)30-2)15-6-3-4-8-17(15)32-22/h5,7,9-11H,3-4,6,8,12H2,1-2H3,(H,25,28). The van der Waals surface area contributed by atoms with Gasteiger partial charge in [0.2, 0.25) is 5.91 Å². The van der Waals surface area contributed by atoms with Crippen molar-refractivity contribution in [3.63, 3.8) is 0 Å². The van der Waals surface area contributed by atoms with Crippen LogP contribution in [-0.4, -0.2) is 33.8 Å². The van der Waals surface area contributed by atoms with E-state index in [9.17, 15) is 9.59 Å². The van der Waals surface area contributed by atoms with Gasteiger partial charge in [-0.1, -0.05) is 0 Å². The number of aromatic nitrogens is 3. The van der Waals surface area contributed by atoms with Crippen molar-refractivity contribution in [1.29, 1.82) is 0 Å². The molecule has 4 aromatic heterocycles. The summed E-state index contributed by atoms with van der Waals surface area (Å²) in [4.78, 5) is 31.0. The fourth-order valence-electron chi connectivity index (χ4n) is 4.30. The molecule has 164 valence electrons. The molecular formula is C23H22N4O4S. The summed E-state index contributed by atoms with van der Waals surface area (Å²) in [5.74, 6) is 0.0320. The molecule has 0 spiro atoms. The van der Waals surface area contributed by atoms with Crippen LogP contribution in [0, 0.1) is 6.92 Å².